The van der Waals surface area contributed by atoms with E-state index < -0.39 is 0 Å². The topological polar surface area (TPSA) is 53.1 Å². The zero-order valence-corrected chi connectivity index (χ0v) is 12.0. The van der Waals surface area contributed by atoms with Crippen LogP contribution < -0.4 is 15.5 Å². The van der Waals surface area contributed by atoms with Crippen LogP contribution in [0.4, 0.5) is 11.6 Å². The maximum absolute atomic E-state index is 4.37. The summed E-state index contributed by atoms with van der Waals surface area (Å²) in [5.74, 6) is 2.74. The molecule has 0 unspecified atom stereocenters. The van der Waals surface area contributed by atoms with Crippen LogP contribution in [0.2, 0.25) is 0 Å². The number of hydrogen-bond acceptors (Lipinski definition) is 5. The van der Waals surface area contributed by atoms with E-state index in [1.165, 1.54) is 25.7 Å². The molecule has 0 spiro atoms. The molecule has 106 valence electrons. The molecule has 0 amide bonds. The van der Waals surface area contributed by atoms with Crippen molar-refractivity contribution in [2.75, 3.05) is 43.9 Å². The number of likely N-dealkylation sites (N-methyl/N-ethyl adjacent to an activating group) is 1. The number of anilines is 2. The van der Waals surface area contributed by atoms with Gasteiger partial charge >= 0.3 is 0 Å². The standard InChI is InChI=1S/C14H25N5/c1-15-7-8-16-13-9-14(18-11-17-13)19(2)10-12-5-3-4-6-12/h9,11-12,15H,3-8,10H2,1-2H3,(H,16,17,18). The minimum absolute atomic E-state index is 0.834. The highest BCUT2D eigenvalue weighted by Crippen LogP contribution is 2.26. The fraction of sp³-hybridized carbons (Fsp3) is 0.714. The summed E-state index contributed by atoms with van der Waals surface area (Å²) in [6.07, 6.45) is 7.14. The zero-order valence-electron chi connectivity index (χ0n) is 12.0. The van der Waals surface area contributed by atoms with Crippen LogP contribution in [-0.4, -0.2) is 43.7 Å². The zero-order chi connectivity index (χ0) is 13.5. The smallest absolute Gasteiger partial charge is 0.133 e. The summed E-state index contributed by atoms with van der Waals surface area (Å²) in [4.78, 5) is 10.9. The van der Waals surface area contributed by atoms with E-state index in [9.17, 15) is 0 Å². The Bertz CT molecular complexity index is 376. The first kappa shape index (κ1) is 14.1. The van der Waals surface area contributed by atoms with E-state index in [0.717, 1.165) is 37.2 Å². The first-order valence-electron chi connectivity index (χ1n) is 7.21. The van der Waals surface area contributed by atoms with E-state index >= 15 is 0 Å². The molecule has 0 saturated heterocycles. The molecule has 1 heterocycles. The fourth-order valence-electron chi connectivity index (χ4n) is 2.64. The monoisotopic (exact) mass is 263 g/mol. The third-order valence-corrected chi connectivity index (χ3v) is 3.73. The number of rotatable bonds is 7. The Labute approximate surface area is 115 Å². The maximum Gasteiger partial charge on any atom is 0.133 e. The molecule has 2 N–H and O–H groups in total. The Kier molecular flexibility index (Phi) is 5.39. The molecule has 0 aromatic carbocycles. The molecule has 1 aromatic heterocycles. The highest BCUT2D eigenvalue weighted by molar-refractivity contribution is 5.47. The van der Waals surface area contributed by atoms with Crippen LogP contribution in [0.1, 0.15) is 25.7 Å². The van der Waals surface area contributed by atoms with Crippen LogP contribution in [0.5, 0.6) is 0 Å². The number of hydrogen-bond donors (Lipinski definition) is 2. The molecule has 5 nitrogen and oxygen atoms in total. The van der Waals surface area contributed by atoms with Crippen LogP contribution in [0, 0.1) is 5.92 Å². The first-order valence-corrected chi connectivity index (χ1v) is 7.21. The van der Waals surface area contributed by atoms with Gasteiger partial charge in [-0.25, -0.2) is 9.97 Å². The van der Waals surface area contributed by atoms with Crippen molar-refractivity contribution in [1.82, 2.24) is 15.3 Å². The molecule has 1 saturated carbocycles. The van der Waals surface area contributed by atoms with Crippen molar-refractivity contribution in [1.29, 1.82) is 0 Å². The first-order chi connectivity index (χ1) is 9.29. The average Bonchev–Trinajstić information content (AvgIpc) is 2.92. The van der Waals surface area contributed by atoms with Gasteiger partial charge < -0.3 is 15.5 Å². The third-order valence-electron chi connectivity index (χ3n) is 3.73. The second kappa shape index (κ2) is 7.28. The molecule has 0 bridgehead atoms. The van der Waals surface area contributed by atoms with Gasteiger partial charge in [0, 0.05) is 32.7 Å². The van der Waals surface area contributed by atoms with Crippen LogP contribution in [0.3, 0.4) is 0 Å². The molecule has 1 fully saturated rings. The summed E-state index contributed by atoms with van der Waals surface area (Å²) in [6, 6.07) is 2.03. The van der Waals surface area contributed by atoms with Gasteiger partial charge in [0.1, 0.15) is 18.0 Å². The normalized spacial score (nSPS) is 15.7. The van der Waals surface area contributed by atoms with Crippen molar-refractivity contribution in [2.24, 2.45) is 5.92 Å². The van der Waals surface area contributed by atoms with Crippen molar-refractivity contribution in [2.45, 2.75) is 25.7 Å². The van der Waals surface area contributed by atoms with Crippen LogP contribution >= 0.6 is 0 Å². The molecule has 0 atom stereocenters. The Hall–Kier alpha value is -1.36. The minimum atomic E-state index is 0.834. The van der Waals surface area contributed by atoms with Gasteiger partial charge in [-0.05, 0) is 25.8 Å². The number of aromatic nitrogens is 2. The van der Waals surface area contributed by atoms with E-state index in [1.807, 2.05) is 13.1 Å². The molecule has 1 aromatic rings. The van der Waals surface area contributed by atoms with E-state index in [2.05, 4.69) is 32.5 Å². The van der Waals surface area contributed by atoms with Crippen LogP contribution in [-0.2, 0) is 0 Å². The van der Waals surface area contributed by atoms with Gasteiger partial charge in [0.2, 0.25) is 0 Å². The lowest BCUT2D eigenvalue weighted by molar-refractivity contribution is 0.545. The highest BCUT2D eigenvalue weighted by atomic mass is 15.2. The maximum atomic E-state index is 4.37. The lowest BCUT2D eigenvalue weighted by Crippen LogP contribution is -2.25. The van der Waals surface area contributed by atoms with Crippen LogP contribution in [0.15, 0.2) is 12.4 Å². The van der Waals surface area contributed by atoms with Gasteiger partial charge in [0.15, 0.2) is 0 Å². The van der Waals surface area contributed by atoms with Crippen molar-refractivity contribution in [3.8, 4) is 0 Å². The summed E-state index contributed by atoms with van der Waals surface area (Å²) in [7, 11) is 4.07. The molecule has 1 aliphatic rings. The summed E-state index contributed by atoms with van der Waals surface area (Å²) >= 11 is 0. The van der Waals surface area contributed by atoms with E-state index in [0.29, 0.717) is 0 Å². The fourth-order valence-corrected chi connectivity index (χ4v) is 2.64. The SMILES string of the molecule is CNCCNc1cc(N(C)CC2CCCC2)ncn1. The van der Waals surface area contributed by atoms with Gasteiger partial charge in [-0.1, -0.05) is 12.8 Å². The van der Waals surface area contributed by atoms with Gasteiger partial charge in [-0.2, -0.15) is 0 Å². The van der Waals surface area contributed by atoms with E-state index in [4.69, 9.17) is 0 Å². The second-order valence-corrected chi connectivity index (χ2v) is 5.32. The van der Waals surface area contributed by atoms with E-state index in [-0.39, 0.29) is 0 Å². The van der Waals surface area contributed by atoms with Crippen molar-refractivity contribution >= 4 is 11.6 Å². The van der Waals surface area contributed by atoms with Gasteiger partial charge in [-0.15, -0.1) is 0 Å². The Morgan fingerprint density at radius 1 is 1.26 bits per heavy atom. The highest BCUT2D eigenvalue weighted by Gasteiger charge is 2.17. The Morgan fingerprint density at radius 3 is 2.79 bits per heavy atom. The van der Waals surface area contributed by atoms with Crippen LogP contribution in [0.25, 0.3) is 0 Å². The molecule has 19 heavy (non-hydrogen) atoms. The van der Waals surface area contributed by atoms with E-state index in [1.54, 1.807) is 6.33 Å². The molecular weight excluding hydrogens is 238 g/mol. The molecule has 0 radical (unpaired) electrons. The Balaban J connectivity index is 1.89. The second-order valence-electron chi connectivity index (χ2n) is 5.32. The predicted octanol–water partition coefficient (Wildman–Crippen LogP) is 1.73. The summed E-state index contributed by atoms with van der Waals surface area (Å²) in [6.45, 7) is 2.91. The van der Waals surface area contributed by atoms with Gasteiger partial charge in [0.05, 0.1) is 0 Å². The predicted molar refractivity (Wildman–Crippen MR) is 79.7 cm³/mol. The van der Waals surface area contributed by atoms with Crippen molar-refractivity contribution < 1.29 is 0 Å². The molecule has 5 heteroatoms. The third kappa shape index (κ3) is 4.35. The van der Waals surface area contributed by atoms with Gasteiger partial charge in [0.25, 0.3) is 0 Å². The van der Waals surface area contributed by atoms with Crippen molar-refractivity contribution in [3.05, 3.63) is 12.4 Å². The number of nitrogens with zero attached hydrogens (tertiary/aromatic N) is 3. The van der Waals surface area contributed by atoms with Gasteiger partial charge in [-0.3, -0.25) is 0 Å². The molecule has 2 rings (SSSR count). The van der Waals surface area contributed by atoms with Crippen molar-refractivity contribution in [3.63, 3.8) is 0 Å². The Morgan fingerprint density at radius 2 is 2.05 bits per heavy atom. The lowest BCUT2D eigenvalue weighted by Gasteiger charge is -2.22. The number of nitrogens with one attached hydrogen (secondary N) is 2. The summed E-state index contributed by atoms with van der Waals surface area (Å²) in [5, 5.41) is 6.40. The summed E-state index contributed by atoms with van der Waals surface area (Å²) in [5.41, 5.74) is 0. The lowest BCUT2D eigenvalue weighted by atomic mass is 10.1. The molecule has 1 aliphatic carbocycles. The minimum Gasteiger partial charge on any atom is -0.369 e. The molecular formula is C14H25N5. The largest absolute Gasteiger partial charge is 0.369 e. The average molecular weight is 263 g/mol. The quantitative estimate of drug-likeness (QED) is 0.734. The summed E-state index contributed by atoms with van der Waals surface area (Å²) < 4.78 is 0. The molecule has 0 aliphatic heterocycles.